The van der Waals surface area contributed by atoms with Crippen molar-refractivity contribution in [2.24, 2.45) is 0 Å². The molecule has 5 nitrogen and oxygen atoms in total. The van der Waals surface area contributed by atoms with Crippen LogP contribution in [0, 0.1) is 0 Å². The van der Waals surface area contributed by atoms with E-state index in [0.717, 1.165) is 6.61 Å². The Hall–Kier alpha value is -0.910. The summed E-state index contributed by atoms with van der Waals surface area (Å²) in [4.78, 5) is 10.7. The van der Waals surface area contributed by atoms with Gasteiger partial charge in [0.1, 0.15) is 18.8 Å². The van der Waals surface area contributed by atoms with E-state index in [4.69, 9.17) is 18.9 Å². The van der Waals surface area contributed by atoms with Gasteiger partial charge in [-0.2, -0.15) is 0 Å². The second kappa shape index (κ2) is 7.38. The van der Waals surface area contributed by atoms with Crippen LogP contribution in [-0.4, -0.2) is 51.2 Å². The maximum absolute atomic E-state index is 10.7. The highest BCUT2D eigenvalue weighted by Gasteiger charge is 2.24. The molecule has 0 amide bonds. The normalized spacial score (nSPS) is 20.2. The first-order chi connectivity index (χ1) is 7.72. The molecule has 0 aromatic rings. The maximum Gasteiger partial charge on any atom is 0.302 e. The monoisotopic (exact) mass is 230 g/mol. The highest BCUT2D eigenvalue weighted by molar-refractivity contribution is 5.65. The van der Waals surface area contributed by atoms with Crippen LogP contribution in [0.25, 0.3) is 0 Å². The second-order valence-corrected chi connectivity index (χ2v) is 3.54. The van der Waals surface area contributed by atoms with Crippen LogP contribution >= 0.6 is 0 Å². The number of hydrogen-bond donors (Lipinski definition) is 0. The van der Waals surface area contributed by atoms with Crippen LogP contribution in [0.4, 0.5) is 0 Å². The van der Waals surface area contributed by atoms with Crippen LogP contribution in [0.3, 0.4) is 0 Å². The van der Waals surface area contributed by atoms with Crippen LogP contribution in [0.5, 0.6) is 0 Å². The fourth-order valence-electron chi connectivity index (χ4n) is 1.05. The van der Waals surface area contributed by atoms with Crippen molar-refractivity contribution in [1.29, 1.82) is 0 Å². The van der Waals surface area contributed by atoms with Gasteiger partial charge in [0.05, 0.1) is 26.4 Å². The number of carbonyl (C=O) groups excluding carboxylic acids is 1. The van der Waals surface area contributed by atoms with Gasteiger partial charge < -0.3 is 18.9 Å². The summed E-state index contributed by atoms with van der Waals surface area (Å²) in [6.45, 7) is 7.22. The maximum atomic E-state index is 10.7. The Morgan fingerprint density at radius 1 is 1.62 bits per heavy atom. The number of rotatable bonds is 9. The molecule has 2 atom stereocenters. The smallest absolute Gasteiger partial charge is 0.302 e. The first kappa shape index (κ1) is 13.2. The topological polar surface area (TPSA) is 57.3 Å². The zero-order valence-corrected chi connectivity index (χ0v) is 9.52. The van der Waals surface area contributed by atoms with Crippen molar-refractivity contribution in [2.75, 3.05) is 33.0 Å². The Morgan fingerprint density at radius 3 is 2.94 bits per heavy atom. The summed E-state index contributed by atoms with van der Waals surface area (Å²) in [6.07, 6.45) is 1.61. The number of carbonyl (C=O) groups is 1. The Bertz CT molecular complexity index is 224. The van der Waals surface area contributed by atoms with E-state index in [9.17, 15) is 4.79 Å². The van der Waals surface area contributed by atoms with E-state index in [2.05, 4.69) is 6.58 Å². The quantitative estimate of drug-likeness (QED) is 0.250. The lowest BCUT2D eigenvalue weighted by atomic mass is 10.4. The van der Waals surface area contributed by atoms with Gasteiger partial charge in [-0.15, -0.1) is 6.58 Å². The summed E-state index contributed by atoms with van der Waals surface area (Å²) in [5.41, 5.74) is 0. The predicted octanol–water partition coefficient (Wildman–Crippen LogP) is 0.536. The summed E-state index contributed by atoms with van der Waals surface area (Å²) in [7, 11) is 0. The van der Waals surface area contributed by atoms with Crippen molar-refractivity contribution in [3.8, 4) is 0 Å². The molecule has 0 bridgehead atoms. The fourth-order valence-corrected chi connectivity index (χ4v) is 1.05. The highest BCUT2D eigenvalue weighted by atomic mass is 16.6. The summed E-state index contributed by atoms with van der Waals surface area (Å²) < 4.78 is 20.7. The summed E-state index contributed by atoms with van der Waals surface area (Å²) in [5, 5.41) is 0. The van der Waals surface area contributed by atoms with Crippen LogP contribution in [0.1, 0.15) is 6.92 Å². The number of esters is 1. The zero-order chi connectivity index (χ0) is 11.8. The Labute approximate surface area is 95.3 Å². The number of ether oxygens (including phenoxy) is 4. The highest BCUT2D eigenvalue weighted by Crippen LogP contribution is 2.10. The molecule has 0 unspecified atom stereocenters. The Morgan fingerprint density at radius 2 is 2.38 bits per heavy atom. The lowest BCUT2D eigenvalue weighted by molar-refractivity contribution is -0.147. The van der Waals surface area contributed by atoms with Crippen LogP contribution in [-0.2, 0) is 23.7 Å². The SMILES string of the molecule is C=CCOC[C@@H](COC(C)=O)OC[C@H]1CO1. The van der Waals surface area contributed by atoms with Gasteiger partial charge in [-0.3, -0.25) is 4.79 Å². The van der Waals surface area contributed by atoms with Crippen molar-refractivity contribution in [3.05, 3.63) is 12.7 Å². The first-order valence-electron chi connectivity index (χ1n) is 5.27. The molecule has 0 radical (unpaired) electrons. The van der Waals surface area contributed by atoms with E-state index in [1.54, 1.807) is 6.08 Å². The van der Waals surface area contributed by atoms with Crippen LogP contribution in [0.15, 0.2) is 12.7 Å². The van der Waals surface area contributed by atoms with Gasteiger partial charge in [-0.1, -0.05) is 6.08 Å². The molecule has 5 heteroatoms. The van der Waals surface area contributed by atoms with Gasteiger partial charge in [0.15, 0.2) is 0 Å². The largest absolute Gasteiger partial charge is 0.463 e. The molecule has 0 N–H and O–H groups in total. The standard InChI is InChI=1S/C11H18O5/c1-3-4-13-5-10(6-14-9(2)12)15-7-11-8-16-11/h3,10-11H,1,4-8H2,2H3/t10-,11-/m0/s1. The Balaban J connectivity index is 2.15. The van der Waals surface area contributed by atoms with Crippen LogP contribution < -0.4 is 0 Å². The molecule has 0 spiro atoms. The molecule has 1 aliphatic rings. The van der Waals surface area contributed by atoms with Gasteiger partial charge in [0.25, 0.3) is 0 Å². The van der Waals surface area contributed by atoms with Crippen molar-refractivity contribution in [1.82, 2.24) is 0 Å². The minimum absolute atomic E-state index is 0.194. The van der Waals surface area contributed by atoms with E-state index in [-0.39, 0.29) is 24.8 Å². The van der Waals surface area contributed by atoms with Gasteiger partial charge >= 0.3 is 5.97 Å². The van der Waals surface area contributed by atoms with E-state index in [1.165, 1.54) is 6.92 Å². The zero-order valence-electron chi connectivity index (χ0n) is 9.52. The van der Waals surface area contributed by atoms with Gasteiger partial charge in [0.2, 0.25) is 0 Å². The summed E-state index contributed by atoms with van der Waals surface area (Å²) in [6, 6.07) is 0. The predicted molar refractivity (Wildman–Crippen MR) is 57.1 cm³/mol. The minimum atomic E-state index is -0.319. The molecule has 1 heterocycles. The molecular formula is C11H18O5. The average Bonchev–Trinajstić information content (AvgIpc) is 3.05. The lowest BCUT2D eigenvalue weighted by Gasteiger charge is -2.16. The molecule has 1 aliphatic heterocycles. The van der Waals surface area contributed by atoms with Crippen LogP contribution in [0.2, 0.25) is 0 Å². The fraction of sp³-hybridized carbons (Fsp3) is 0.727. The van der Waals surface area contributed by atoms with Gasteiger partial charge in [-0.05, 0) is 0 Å². The third-order valence-electron chi connectivity index (χ3n) is 1.93. The minimum Gasteiger partial charge on any atom is -0.463 e. The molecular weight excluding hydrogens is 212 g/mol. The van der Waals surface area contributed by atoms with Crippen molar-refractivity contribution < 1.29 is 23.7 Å². The van der Waals surface area contributed by atoms with E-state index in [1.807, 2.05) is 0 Å². The molecule has 16 heavy (non-hydrogen) atoms. The second-order valence-electron chi connectivity index (χ2n) is 3.54. The molecule has 0 aromatic carbocycles. The molecule has 92 valence electrons. The first-order valence-corrected chi connectivity index (χ1v) is 5.27. The van der Waals surface area contributed by atoms with Crippen molar-refractivity contribution >= 4 is 5.97 Å². The molecule has 1 fully saturated rings. The number of hydrogen-bond acceptors (Lipinski definition) is 5. The number of epoxide rings is 1. The molecule has 1 saturated heterocycles. The van der Waals surface area contributed by atoms with E-state index < -0.39 is 0 Å². The average molecular weight is 230 g/mol. The Kier molecular flexibility index (Phi) is 6.07. The third kappa shape index (κ3) is 6.55. The van der Waals surface area contributed by atoms with Crippen molar-refractivity contribution in [2.45, 2.75) is 19.1 Å². The van der Waals surface area contributed by atoms with E-state index in [0.29, 0.717) is 19.8 Å². The molecule has 1 rings (SSSR count). The summed E-state index contributed by atoms with van der Waals surface area (Å²) in [5.74, 6) is -0.319. The molecule has 0 saturated carbocycles. The molecule has 0 aliphatic carbocycles. The summed E-state index contributed by atoms with van der Waals surface area (Å²) >= 11 is 0. The molecule has 0 aromatic heterocycles. The van der Waals surface area contributed by atoms with Crippen molar-refractivity contribution in [3.63, 3.8) is 0 Å². The van der Waals surface area contributed by atoms with Gasteiger partial charge in [0, 0.05) is 6.92 Å². The third-order valence-corrected chi connectivity index (χ3v) is 1.93. The lowest BCUT2D eigenvalue weighted by Crippen LogP contribution is -2.28. The van der Waals surface area contributed by atoms with Gasteiger partial charge in [-0.25, -0.2) is 0 Å². The van der Waals surface area contributed by atoms with E-state index >= 15 is 0 Å².